The molecule has 4 nitrogen and oxygen atoms in total. The highest BCUT2D eigenvalue weighted by Gasteiger charge is 2.63. The van der Waals surface area contributed by atoms with Gasteiger partial charge in [-0.3, -0.25) is 0 Å². The van der Waals surface area contributed by atoms with Gasteiger partial charge in [0.25, 0.3) is 0 Å². The number of allylic oxidation sites excluding steroid dienone is 2. The van der Waals surface area contributed by atoms with Crippen molar-refractivity contribution in [3.8, 4) is 12.1 Å². The number of rotatable bonds is 0. The van der Waals surface area contributed by atoms with Crippen molar-refractivity contribution in [3.63, 3.8) is 0 Å². The van der Waals surface area contributed by atoms with Crippen LogP contribution in [0.3, 0.4) is 0 Å². The van der Waals surface area contributed by atoms with Crippen LogP contribution in [0.15, 0.2) is 12.2 Å². The highest BCUT2D eigenvalue weighted by atomic mass is 14.9. The predicted molar refractivity (Wildman–Crippen MR) is 53.1 cm³/mol. The molecule has 0 aromatic carbocycles. The van der Waals surface area contributed by atoms with Crippen LogP contribution in [0.4, 0.5) is 0 Å². The van der Waals surface area contributed by atoms with E-state index in [4.69, 9.17) is 10.5 Å². The van der Waals surface area contributed by atoms with E-state index in [2.05, 4.69) is 22.1 Å². The standard InChI is InChI=1S/C12H6N4/c13-3-7-8(4-14)16-12-10-5-1-2-6(9(5)10)11(12)15-7/h1-2,5-6,9-10H. The smallest absolute Gasteiger partial charge is 0.177 e. The highest BCUT2D eigenvalue weighted by Crippen LogP contribution is 2.70. The molecule has 0 amide bonds. The van der Waals surface area contributed by atoms with E-state index in [1.807, 2.05) is 12.1 Å². The lowest BCUT2D eigenvalue weighted by molar-refractivity contribution is 0.729. The molecule has 16 heavy (non-hydrogen) atoms. The molecule has 0 radical (unpaired) electrons. The van der Waals surface area contributed by atoms with E-state index in [1.165, 1.54) is 0 Å². The van der Waals surface area contributed by atoms with E-state index in [0.29, 0.717) is 23.7 Å². The van der Waals surface area contributed by atoms with Crippen molar-refractivity contribution in [1.82, 2.24) is 9.97 Å². The molecule has 1 aromatic rings. The van der Waals surface area contributed by atoms with Gasteiger partial charge in [-0.15, -0.1) is 0 Å². The largest absolute Gasteiger partial charge is 0.237 e. The minimum atomic E-state index is 0.166. The topological polar surface area (TPSA) is 73.4 Å². The summed E-state index contributed by atoms with van der Waals surface area (Å²) >= 11 is 0. The van der Waals surface area contributed by atoms with Crippen LogP contribution in [0.2, 0.25) is 0 Å². The summed E-state index contributed by atoms with van der Waals surface area (Å²) in [5, 5.41) is 17.8. The molecule has 1 heterocycles. The zero-order valence-corrected chi connectivity index (χ0v) is 8.25. The first kappa shape index (κ1) is 8.01. The normalized spacial score (nSPS) is 35.1. The molecule has 0 bridgehead atoms. The lowest BCUT2D eigenvalue weighted by atomic mass is 10.1. The van der Waals surface area contributed by atoms with Crippen LogP contribution in [0.25, 0.3) is 0 Å². The van der Waals surface area contributed by atoms with Crippen molar-refractivity contribution in [3.05, 3.63) is 34.9 Å². The number of fused-ring (bicyclic) bond motifs is 4. The van der Waals surface area contributed by atoms with Gasteiger partial charge in [-0.1, -0.05) is 12.2 Å². The minimum Gasteiger partial charge on any atom is -0.237 e. The molecule has 0 aliphatic heterocycles. The van der Waals surface area contributed by atoms with Crippen molar-refractivity contribution in [2.24, 2.45) is 11.8 Å². The number of nitriles is 2. The summed E-state index contributed by atoms with van der Waals surface area (Å²) in [5.41, 5.74) is 2.23. The van der Waals surface area contributed by atoms with Gasteiger partial charge in [0, 0.05) is 11.8 Å². The van der Waals surface area contributed by atoms with Gasteiger partial charge in [0.2, 0.25) is 0 Å². The molecule has 0 spiro atoms. The number of hydrogen-bond acceptors (Lipinski definition) is 4. The Hall–Kier alpha value is -2.20. The molecule has 4 heteroatoms. The van der Waals surface area contributed by atoms with Crippen LogP contribution in [0.1, 0.15) is 34.6 Å². The maximum absolute atomic E-state index is 8.91. The van der Waals surface area contributed by atoms with Gasteiger partial charge >= 0.3 is 0 Å². The van der Waals surface area contributed by atoms with Gasteiger partial charge in [0.1, 0.15) is 12.1 Å². The zero-order chi connectivity index (χ0) is 10.9. The van der Waals surface area contributed by atoms with E-state index in [0.717, 1.165) is 11.4 Å². The predicted octanol–water partition coefficient (Wildman–Crippen LogP) is 1.22. The maximum atomic E-state index is 8.91. The Morgan fingerprint density at radius 2 is 1.69 bits per heavy atom. The molecule has 3 aliphatic rings. The third-order valence-electron chi connectivity index (χ3n) is 3.88. The quantitative estimate of drug-likeness (QED) is 0.598. The van der Waals surface area contributed by atoms with Gasteiger partial charge < -0.3 is 0 Å². The molecule has 1 aromatic heterocycles. The molecular formula is C12H6N4. The van der Waals surface area contributed by atoms with Gasteiger partial charge in [-0.2, -0.15) is 10.5 Å². The lowest BCUT2D eigenvalue weighted by Gasteiger charge is -2.06. The van der Waals surface area contributed by atoms with E-state index >= 15 is 0 Å². The second-order valence-electron chi connectivity index (χ2n) is 4.51. The van der Waals surface area contributed by atoms with Crippen molar-refractivity contribution in [2.45, 2.75) is 11.8 Å². The van der Waals surface area contributed by atoms with E-state index in [1.54, 1.807) is 0 Å². The Morgan fingerprint density at radius 3 is 2.38 bits per heavy atom. The molecule has 74 valence electrons. The van der Waals surface area contributed by atoms with Crippen LogP contribution in [-0.2, 0) is 0 Å². The molecule has 4 unspecified atom stereocenters. The average Bonchev–Trinajstić information content (AvgIpc) is 2.78. The Kier molecular flexibility index (Phi) is 1.15. The molecule has 1 fully saturated rings. The van der Waals surface area contributed by atoms with Crippen LogP contribution < -0.4 is 0 Å². The SMILES string of the molecule is N#Cc1nc2c(nc1C#N)C1C3C=CC2C31. The zero-order valence-electron chi connectivity index (χ0n) is 8.25. The lowest BCUT2D eigenvalue weighted by Crippen LogP contribution is -2.05. The summed E-state index contributed by atoms with van der Waals surface area (Å²) in [6.45, 7) is 0. The van der Waals surface area contributed by atoms with Crippen molar-refractivity contribution in [2.75, 3.05) is 0 Å². The maximum Gasteiger partial charge on any atom is 0.177 e. The molecule has 0 saturated heterocycles. The van der Waals surface area contributed by atoms with E-state index < -0.39 is 0 Å². The van der Waals surface area contributed by atoms with Gasteiger partial charge in [0.15, 0.2) is 11.4 Å². The Morgan fingerprint density at radius 1 is 1.00 bits per heavy atom. The summed E-state index contributed by atoms with van der Waals surface area (Å²) in [6.07, 6.45) is 4.39. The third kappa shape index (κ3) is 0.686. The first-order valence-electron chi connectivity index (χ1n) is 5.25. The van der Waals surface area contributed by atoms with Gasteiger partial charge in [-0.25, -0.2) is 9.97 Å². The molecule has 4 atom stereocenters. The Bertz CT molecular complexity index is 632. The molecule has 1 saturated carbocycles. The first-order valence-corrected chi connectivity index (χ1v) is 5.25. The fourth-order valence-electron chi connectivity index (χ4n) is 3.19. The van der Waals surface area contributed by atoms with Crippen LogP contribution in [-0.4, -0.2) is 9.97 Å². The van der Waals surface area contributed by atoms with Crippen molar-refractivity contribution in [1.29, 1.82) is 10.5 Å². The third-order valence-corrected chi connectivity index (χ3v) is 3.88. The number of nitrogens with zero attached hydrogens (tertiary/aromatic N) is 4. The Labute approximate surface area is 91.9 Å². The summed E-state index contributed by atoms with van der Waals surface area (Å²) in [5.74, 6) is 2.05. The highest BCUT2D eigenvalue weighted by molar-refractivity contribution is 5.51. The average molecular weight is 206 g/mol. The van der Waals surface area contributed by atoms with Crippen molar-refractivity contribution >= 4 is 0 Å². The summed E-state index contributed by atoms with van der Waals surface area (Å²) in [4.78, 5) is 8.62. The molecule has 0 N–H and O–H groups in total. The summed E-state index contributed by atoms with van der Waals surface area (Å²) < 4.78 is 0. The van der Waals surface area contributed by atoms with Crippen LogP contribution in [0, 0.1) is 34.5 Å². The molecular weight excluding hydrogens is 200 g/mol. The fraction of sp³-hybridized carbons (Fsp3) is 0.333. The fourth-order valence-corrected chi connectivity index (χ4v) is 3.19. The van der Waals surface area contributed by atoms with Gasteiger partial charge in [0.05, 0.1) is 11.4 Å². The number of aromatic nitrogens is 2. The molecule has 3 aliphatic carbocycles. The second kappa shape index (κ2) is 2.31. The summed E-state index contributed by atoms with van der Waals surface area (Å²) in [7, 11) is 0. The second-order valence-corrected chi connectivity index (χ2v) is 4.51. The van der Waals surface area contributed by atoms with E-state index in [-0.39, 0.29) is 11.4 Å². The van der Waals surface area contributed by atoms with E-state index in [9.17, 15) is 0 Å². The van der Waals surface area contributed by atoms with Crippen LogP contribution in [0.5, 0.6) is 0 Å². The first-order chi connectivity index (χ1) is 7.85. The van der Waals surface area contributed by atoms with Crippen LogP contribution >= 0.6 is 0 Å². The van der Waals surface area contributed by atoms with Gasteiger partial charge in [-0.05, 0) is 11.8 Å². The van der Waals surface area contributed by atoms with Crippen molar-refractivity contribution < 1.29 is 0 Å². The monoisotopic (exact) mass is 206 g/mol. The Balaban J connectivity index is 1.99. The minimum absolute atomic E-state index is 0.166. The number of hydrogen-bond donors (Lipinski definition) is 0. The summed E-state index contributed by atoms with van der Waals surface area (Å²) in [6, 6.07) is 3.89. The molecule has 4 rings (SSSR count).